The van der Waals surface area contributed by atoms with E-state index in [-0.39, 0.29) is 28.8 Å². The predicted molar refractivity (Wildman–Crippen MR) is 122 cm³/mol. The summed E-state index contributed by atoms with van der Waals surface area (Å²) in [5.74, 6) is 2.89. The van der Waals surface area contributed by atoms with Gasteiger partial charge in [-0.25, -0.2) is 0 Å². The van der Waals surface area contributed by atoms with Crippen molar-refractivity contribution in [3.63, 3.8) is 0 Å². The van der Waals surface area contributed by atoms with Crippen molar-refractivity contribution >= 4 is 5.78 Å². The molecule has 0 heterocycles. The molecule has 0 radical (unpaired) electrons. The van der Waals surface area contributed by atoms with Gasteiger partial charge in [-0.15, -0.1) is 0 Å². The van der Waals surface area contributed by atoms with Crippen molar-refractivity contribution in [2.75, 3.05) is 0 Å². The highest BCUT2D eigenvalue weighted by Gasteiger charge is 2.62. The topological polar surface area (TPSA) is 77.8 Å². The maximum Gasteiger partial charge on any atom is 0.136 e. The van der Waals surface area contributed by atoms with Crippen LogP contribution in [0.1, 0.15) is 92.4 Å². The number of rotatable bonds is 5. The Kier molecular flexibility index (Phi) is 6.42. The minimum Gasteiger partial charge on any atom is -0.393 e. The van der Waals surface area contributed by atoms with E-state index in [1.54, 1.807) is 0 Å². The zero-order valence-electron chi connectivity index (χ0n) is 20.4. The predicted octanol–water partition coefficient (Wildman–Crippen LogP) is 4.59. The summed E-state index contributed by atoms with van der Waals surface area (Å²) in [6.45, 7) is 11.1. The fourth-order valence-corrected chi connectivity index (χ4v) is 9.13. The van der Waals surface area contributed by atoms with Gasteiger partial charge in [0, 0.05) is 12.3 Å². The standard InChI is InChI=1S/C27H46O4/c1-15(2)12-24(30)25(31)16(3)19-6-7-20-18-14-23(29)22-13-17(28)8-10-27(22,5)21(18)9-11-26(19,20)4/h15-22,24-25,28,30-31H,6-14H2,1-5H3/t16-,17-,18-,19+,20-,21-,22+,24+,25+,26+,27+/m0/s1. The molecule has 4 rings (SSSR count). The molecule has 0 aromatic heterocycles. The first-order valence-corrected chi connectivity index (χ1v) is 13.1. The first kappa shape index (κ1) is 23.7. The Hall–Kier alpha value is -0.450. The van der Waals surface area contributed by atoms with E-state index in [2.05, 4.69) is 34.6 Å². The average Bonchev–Trinajstić information content (AvgIpc) is 3.05. The molecule has 0 spiro atoms. The molecule has 0 aromatic rings. The van der Waals surface area contributed by atoms with E-state index in [4.69, 9.17) is 0 Å². The number of carbonyl (C=O) groups is 1. The third-order valence-corrected chi connectivity index (χ3v) is 10.8. The fourth-order valence-electron chi connectivity index (χ4n) is 9.13. The van der Waals surface area contributed by atoms with E-state index in [1.807, 2.05) is 0 Å². The molecule has 4 heteroatoms. The Labute approximate surface area is 189 Å². The molecular weight excluding hydrogens is 388 g/mol. The van der Waals surface area contributed by atoms with Crippen LogP contribution in [0.3, 0.4) is 0 Å². The molecule has 4 fully saturated rings. The summed E-state index contributed by atoms with van der Waals surface area (Å²) >= 11 is 0. The highest BCUT2D eigenvalue weighted by atomic mass is 16.3. The SMILES string of the molecule is CC(C)C[C@@H](O)[C@H](O)[C@@H](C)[C@H]1CC[C@H]2[C@@H]3CC(=O)[C@H]4C[C@@H](O)CC[C@]4(C)[C@H]3CC[C@]12C. The van der Waals surface area contributed by atoms with Gasteiger partial charge in [0.05, 0.1) is 18.3 Å². The molecule has 31 heavy (non-hydrogen) atoms. The normalized spacial score (nSPS) is 48.0. The van der Waals surface area contributed by atoms with Gasteiger partial charge in [-0.3, -0.25) is 4.79 Å². The minimum atomic E-state index is -0.671. The molecule has 4 aliphatic rings. The van der Waals surface area contributed by atoms with Gasteiger partial charge in [0.25, 0.3) is 0 Å². The second-order valence-electron chi connectivity index (χ2n) is 12.8. The average molecular weight is 435 g/mol. The molecule has 4 aliphatic carbocycles. The van der Waals surface area contributed by atoms with Gasteiger partial charge in [0.2, 0.25) is 0 Å². The largest absolute Gasteiger partial charge is 0.393 e. The van der Waals surface area contributed by atoms with Gasteiger partial charge in [-0.1, -0.05) is 34.6 Å². The summed E-state index contributed by atoms with van der Waals surface area (Å²) in [6, 6.07) is 0. The lowest BCUT2D eigenvalue weighted by molar-refractivity contribution is -0.161. The Balaban J connectivity index is 1.54. The van der Waals surface area contributed by atoms with Crippen LogP contribution in [-0.4, -0.2) is 39.4 Å². The molecule has 0 aromatic carbocycles. The zero-order valence-corrected chi connectivity index (χ0v) is 20.4. The van der Waals surface area contributed by atoms with Crippen LogP contribution in [-0.2, 0) is 4.79 Å². The Morgan fingerprint density at radius 3 is 2.29 bits per heavy atom. The number of aliphatic hydroxyl groups excluding tert-OH is 3. The maximum atomic E-state index is 13.3. The summed E-state index contributed by atoms with van der Waals surface area (Å²) in [5, 5.41) is 31.8. The van der Waals surface area contributed by atoms with Crippen LogP contribution in [0, 0.1) is 52.3 Å². The number of aliphatic hydroxyl groups is 3. The van der Waals surface area contributed by atoms with Crippen LogP contribution in [0.25, 0.3) is 0 Å². The van der Waals surface area contributed by atoms with E-state index < -0.39 is 12.2 Å². The first-order chi connectivity index (χ1) is 14.5. The first-order valence-electron chi connectivity index (χ1n) is 13.1. The van der Waals surface area contributed by atoms with Crippen molar-refractivity contribution in [3.8, 4) is 0 Å². The molecule has 3 N–H and O–H groups in total. The van der Waals surface area contributed by atoms with Gasteiger partial charge in [-0.05, 0) is 97.7 Å². The van der Waals surface area contributed by atoms with E-state index >= 15 is 0 Å². The Morgan fingerprint density at radius 2 is 1.61 bits per heavy atom. The second kappa shape index (κ2) is 8.40. The van der Waals surface area contributed by atoms with Crippen molar-refractivity contribution in [2.45, 2.75) is 111 Å². The highest BCUT2D eigenvalue weighted by Crippen LogP contribution is 2.67. The van der Waals surface area contributed by atoms with Crippen LogP contribution in [0.4, 0.5) is 0 Å². The van der Waals surface area contributed by atoms with Crippen molar-refractivity contribution in [2.24, 2.45) is 52.3 Å². The number of ketones is 1. The molecule has 11 atom stereocenters. The van der Waals surface area contributed by atoms with Gasteiger partial charge >= 0.3 is 0 Å². The number of hydrogen-bond acceptors (Lipinski definition) is 4. The lowest BCUT2D eigenvalue weighted by atomic mass is 9.44. The van der Waals surface area contributed by atoms with Crippen molar-refractivity contribution < 1.29 is 20.1 Å². The molecule has 0 amide bonds. The number of fused-ring (bicyclic) bond motifs is 5. The molecule has 4 nitrogen and oxygen atoms in total. The number of hydrogen-bond donors (Lipinski definition) is 3. The minimum absolute atomic E-state index is 0.0472. The van der Waals surface area contributed by atoms with Crippen molar-refractivity contribution in [1.29, 1.82) is 0 Å². The lowest BCUT2D eigenvalue weighted by Crippen LogP contribution is -2.57. The molecular formula is C27H46O4. The number of carbonyl (C=O) groups excluding carboxylic acids is 1. The van der Waals surface area contributed by atoms with Gasteiger partial charge in [-0.2, -0.15) is 0 Å². The summed E-state index contributed by atoms with van der Waals surface area (Å²) in [7, 11) is 0. The fraction of sp³-hybridized carbons (Fsp3) is 0.963. The summed E-state index contributed by atoms with van der Waals surface area (Å²) < 4.78 is 0. The monoisotopic (exact) mass is 434 g/mol. The zero-order chi connectivity index (χ0) is 22.7. The molecule has 0 saturated heterocycles. The molecule has 4 saturated carbocycles. The van der Waals surface area contributed by atoms with Crippen LogP contribution in [0.5, 0.6) is 0 Å². The van der Waals surface area contributed by atoms with Gasteiger partial charge < -0.3 is 15.3 Å². The van der Waals surface area contributed by atoms with Crippen LogP contribution < -0.4 is 0 Å². The molecule has 0 aliphatic heterocycles. The van der Waals surface area contributed by atoms with Crippen molar-refractivity contribution in [1.82, 2.24) is 0 Å². The smallest absolute Gasteiger partial charge is 0.136 e. The molecule has 0 bridgehead atoms. The number of Topliss-reactive ketones (excluding diaryl/α,β-unsaturated/α-hetero) is 1. The van der Waals surface area contributed by atoms with Crippen LogP contribution in [0.15, 0.2) is 0 Å². The van der Waals surface area contributed by atoms with Crippen LogP contribution >= 0.6 is 0 Å². The van der Waals surface area contributed by atoms with Gasteiger partial charge in [0.15, 0.2) is 0 Å². The summed E-state index contributed by atoms with van der Waals surface area (Å²) in [5.41, 5.74) is 0.202. The van der Waals surface area contributed by atoms with Crippen LogP contribution in [0.2, 0.25) is 0 Å². The summed E-state index contributed by atoms with van der Waals surface area (Å²) in [6.07, 6.45) is 6.78. The molecule has 0 unspecified atom stereocenters. The molecule has 178 valence electrons. The van der Waals surface area contributed by atoms with E-state index in [0.29, 0.717) is 54.6 Å². The van der Waals surface area contributed by atoms with Gasteiger partial charge in [0.1, 0.15) is 5.78 Å². The van der Waals surface area contributed by atoms with E-state index in [1.165, 1.54) is 12.8 Å². The van der Waals surface area contributed by atoms with E-state index in [9.17, 15) is 20.1 Å². The summed E-state index contributed by atoms with van der Waals surface area (Å²) in [4.78, 5) is 13.3. The quantitative estimate of drug-likeness (QED) is 0.591. The lowest BCUT2D eigenvalue weighted by Gasteiger charge is -2.60. The maximum absolute atomic E-state index is 13.3. The third kappa shape index (κ3) is 3.83. The van der Waals surface area contributed by atoms with E-state index in [0.717, 1.165) is 25.7 Å². The van der Waals surface area contributed by atoms with Crippen molar-refractivity contribution in [3.05, 3.63) is 0 Å². The second-order valence-corrected chi connectivity index (χ2v) is 12.8. The highest BCUT2D eigenvalue weighted by molar-refractivity contribution is 5.83. The third-order valence-electron chi connectivity index (χ3n) is 10.8. The Bertz CT molecular complexity index is 676. The Morgan fingerprint density at radius 1 is 0.968 bits per heavy atom.